The predicted molar refractivity (Wildman–Crippen MR) is 73.8 cm³/mol. The molecule has 0 aliphatic carbocycles. The van der Waals surface area contributed by atoms with Gasteiger partial charge < -0.3 is 4.57 Å². The van der Waals surface area contributed by atoms with Gasteiger partial charge in [-0.2, -0.15) is 5.26 Å². The molecule has 0 saturated heterocycles. The first-order valence-corrected chi connectivity index (χ1v) is 6.13. The fraction of sp³-hybridized carbons (Fsp3) is 0.267. The molecule has 0 radical (unpaired) electrons. The summed E-state index contributed by atoms with van der Waals surface area (Å²) >= 11 is 0. The predicted octanol–water partition coefficient (Wildman–Crippen LogP) is 2.67. The second kappa shape index (κ2) is 5.07. The molecule has 96 valence electrons. The highest BCUT2D eigenvalue weighted by Crippen LogP contribution is 2.23. The maximum Gasteiger partial charge on any atom is 0.269 e. The Balaban J connectivity index is 2.81. The number of pyridine rings is 2. The van der Waals surface area contributed by atoms with Crippen LogP contribution in [0.3, 0.4) is 0 Å². The maximum absolute atomic E-state index is 12.3. The molecule has 0 spiro atoms. The molecule has 0 amide bonds. The minimum Gasteiger partial charge on any atom is -0.312 e. The molecule has 2 heterocycles. The Morgan fingerprint density at radius 3 is 2.63 bits per heavy atom. The molecule has 0 aromatic carbocycles. The van der Waals surface area contributed by atoms with E-state index in [-0.39, 0.29) is 17.2 Å². The maximum atomic E-state index is 12.3. The van der Waals surface area contributed by atoms with Gasteiger partial charge in [0.15, 0.2) is 0 Å². The van der Waals surface area contributed by atoms with Gasteiger partial charge in [0.2, 0.25) is 0 Å². The SMILES string of the molecule is Cc1cn(C(C)C)c(=O)c(C#N)c1-c1ccccn1. The summed E-state index contributed by atoms with van der Waals surface area (Å²) in [6, 6.07) is 7.51. The van der Waals surface area contributed by atoms with Crippen LogP contribution in [0.2, 0.25) is 0 Å². The molecule has 2 rings (SSSR count). The molecule has 0 saturated carbocycles. The molecule has 19 heavy (non-hydrogen) atoms. The van der Waals surface area contributed by atoms with Gasteiger partial charge >= 0.3 is 0 Å². The van der Waals surface area contributed by atoms with Crippen molar-refractivity contribution in [3.63, 3.8) is 0 Å². The van der Waals surface area contributed by atoms with Gasteiger partial charge in [0.25, 0.3) is 5.56 Å². The topological polar surface area (TPSA) is 58.7 Å². The summed E-state index contributed by atoms with van der Waals surface area (Å²) in [4.78, 5) is 16.5. The van der Waals surface area contributed by atoms with Crippen molar-refractivity contribution in [3.8, 4) is 17.3 Å². The summed E-state index contributed by atoms with van der Waals surface area (Å²) in [5.41, 5.74) is 2.06. The highest BCUT2D eigenvalue weighted by atomic mass is 16.1. The Hall–Kier alpha value is -2.41. The van der Waals surface area contributed by atoms with Crippen LogP contribution in [0, 0.1) is 18.3 Å². The van der Waals surface area contributed by atoms with E-state index in [0.29, 0.717) is 11.3 Å². The number of hydrogen-bond donors (Lipinski definition) is 0. The summed E-state index contributed by atoms with van der Waals surface area (Å²) in [7, 11) is 0. The summed E-state index contributed by atoms with van der Waals surface area (Å²) in [5.74, 6) is 0. The lowest BCUT2D eigenvalue weighted by Gasteiger charge is -2.14. The van der Waals surface area contributed by atoms with E-state index in [2.05, 4.69) is 4.98 Å². The van der Waals surface area contributed by atoms with Crippen molar-refractivity contribution >= 4 is 0 Å². The van der Waals surface area contributed by atoms with Crippen molar-refractivity contribution in [2.45, 2.75) is 26.8 Å². The van der Waals surface area contributed by atoms with Crippen LogP contribution in [0.5, 0.6) is 0 Å². The van der Waals surface area contributed by atoms with Crippen LogP contribution in [0.15, 0.2) is 35.4 Å². The molecule has 0 fully saturated rings. The van der Waals surface area contributed by atoms with Gasteiger partial charge in [-0.3, -0.25) is 9.78 Å². The van der Waals surface area contributed by atoms with E-state index in [1.54, 1.807) is 23.0 Å². The van der Waals surface area contributed by atoms with Crippen LogP contribution in [0.25, 0.3) is 11.3 Å². The first-order valence-electron chi connectivity index (χ1n) is 6.13. The summed E-state index contributed by atoms with van der Waals surface area (Å²) in [5, 5.41) is 9.30. The summed E-state index contributed by atoms with van der Waals surface area (Å²) in [6.07, 6.45) is 3.45. The Morgan fingerprint density at radius 2 is 2.11 bits per heavy atom. The molecule has 0 N–H and O–H groups in total. The minimum atomic E-state index is -0.260. The number of hydrogen-bond acceptors (Lipinski definition) is 3. The zero-order valence-electron chi connectivity index (χ0n) is 11.2. The normalized spacial score (nSPS) is 10.5. The van der Waals surface area contributed by atoms with E-state index in [1.807, 2.05) is 39.0 Å². The molecule has 0 bridgehead atoms. The first kappa shape index (κ1) is 13.0. The third-order valence-corrected chi connectivity index (χ3v) is 3.01. The van der Waals surface area contributed by atoms with E-state index in [4.69, 9.17) is 0 Å². The molecule has 2 aromatic rings. The number of nitrogens with zero attached hydrogens (tertiary/aromatic N) is 3. The van der Waals surface area contributed by atoms with Crippen LogP contribution in [0.4, 0.5) is 0 Å². The van der Waals surface area contributed by atoms with Crippen molar-refractivity contribution in [2.24, 2.45) is 0 Å². The van der Waals surface area contributed by atoms with Crippen molar-refractivity contribution < 1.29 is 0 Å². The van der Waals surface area contributed by atoms with Gasteiger partial charge in [-0.1, -0.05) is 6.07 Å². The van der Waals surface area contributed by atoms with Gasteiger partial charge in [-0.15, -0.1) is 0 Å². The van der Waals surface area contributed by atoms with E-state index in [9.17, 15) is 10.1 Å². The Bertz CT molecular complexity index is 694. The zero-order valence-corrected chi connectivity index (χ0v) is 11.2. The Morgan fingerprint density at radius 1 is 1.37 bits per heavy atom. The van der Waals surface area contributed by atoms with Gasteiger partial charge in [-0.25, -0.2) is 0 Å². The fourth-order valence-electron chi connectivity index (χ4n) is 2.09. The molecular weight excluding hydrogens is 238 g/mol. The molecule has 4 nitrogen and oxygen atoms in total. The summed E-state index contributed by atoms with van der Waals surface area (Å²) in [6.45, 7) is 5.73. The first-order chi connectivity index (χ1) is 9.06. The number of nitriles is 1. The highest BCUT2D eigenvalue weighted by molar-refractivity contribution is 5.69. The van der Waals surface area contributed by atoms with E-state index in [1.165, 1.54) is 0 Å². The Kier molecular flexibility index (Phi) is 3.48. The molecule has 0 aliphatic heterocycles. The van der Waals surface area contributed by atoms with Gasteiger partial charge in [-0.05, 0) is 38.5 Å². The second-order valence-electron chi connectivity index (χ2n) is 4.70. The van der Waals surface area contributed by atoms with Gasteiger partial charge in [0.05, 0.1) is 5.69 Å². The molecule has 4 heteroatoms. The van der Waals surface area contributed by atoms with Crippen LogP contribution < -0.4 is 5.56 Å². The van der Waals surface area contributed by atoms with Crippen LogP contribution >= 0.6 is 0 Å². The van der Waals surface area contributed by atoms with Gasteiger partial charge in [0, 0.05) is 24.0 Å². The Labute approximate surface area is 112 Å². The molecule has 0 unspecified atom stereocenters. The molecule has 0 atom stereocenters. The third-order valence-electron chi connectivity index (χ3n) is 3.01. The summed E-state index contributed by atoms with van der Waals surface area (Å²) < 4.78 is 1.58. The van der Waals surface area contributed by atoms with Crippen molar-refractivity contribution in [2.75, 3.05) is 0 Å². The third kappa shape index (κ3) is 2.27. The quantitative estimate of drug-likeness (QED) is 0.826. The van der Waals surface area contributed by atoms with Gasteiger partial charge in [0.1, 0.15) is 11.6 Å². The van der Waals surface area contributed by atoms with Crippen LogP contribution in [-0.4, -0.2) is 9.55 Å². The minimum absolute atomic E-state index is 0.0242. The van der Waals surface area contributed by atoms with E-state index < -0.39 is 0 Å². The highest BCUT2D eigenvalue weighted by Gasteiger charge is 2.16. The lowest BCUT2D eigenvalue weighted by Crippen LogP contribution is -2.25. The fourth-order valence-corrected chi connectivity index (χ4v) is 2.09. The number of rotatable bonds is 2. The van der Waals surface area contributed by atoms with Crippen molar-refractivity contribution in [3.05, 3.63) is 52.1 Å². The van der Waals surface area contributed by atoms with E-state index >= 15 is 0 Å². The van der Waals surface area contributed by atoms with Crippen molar-refractivity contribution in [1.82, 2.24) is 9.55 Å². The average molecular weight is 253 g/mol. The molecular formula is C15H15N3O. The molecule has 2 aromatic heterocycles. The monoisotopic (exact) mass is 253 g/mol. The van der Waals surface area contributed by atoms with Crippen LogP contribution in [0.1, 0.15) is 31.0 Å². The van der Waals surface area contributed by atoms with Crippen molar-refractivity contribution in [1.29, 1.82) is 5.26 Å². The number of aryl methyl sites for hydroxylation is 1. The largest absolute Gasteiger partial charge is 0.312 e. The zero-order chi connectivity index (χ0) is 14.0. The number of aromatic nitrogens is 2. The lowest BCUT2D eigenvalue weighted by atomic mass is 10.0. The second-order valence-corrected chi connectivity index (χ2v) is 4.70. The lowest BCUT2D eigenvalue weighted by molar-refractivity contribution is 0.575. The standard InChI is InChI=1S/C15H15N3O/c1-10(2)18-9-11(3)14(12(8-16)15(18)19)13-6-4-5-7-17-13/h4-7,9-10H,1-3H3. The smallest absolute Gasteiger partial charge is 0.269 e. The molecule has 0 aliphatic rings. The average Bonchev–Trinajstić information content (AvgIpc) is 2.41. The van der Waals surface area contributed by atoms with E-state index in [0.717, 1.165) is 5.56 Å². The van der Waals surface area contributed by atoms with Crippen LogP contribution in [-0.2, 0) is 0 Å².